The highest BCUT2D eigenvalue weighted by Gasteiger charge is 2.22. The molecule has 100 valence electrons. The van der Waals surface area contributed by atoms with E-state index < -0.39 is 18.1 Å². The second kappa shape index (κ2) is 6.73. The minimum absolute atomic E-state index is 0.354. The SMILES string of the molecule is CCC(NC(C)C(O)c1ccc(Cl)cc1)C(=O)O. The Morgan fingerprint density at radius 2 is 1.94 bits per heavy atom. The Morgan fingerprint density at radius 1 is 1.39 bits per heavy atom. The molecule has 0 spiro atoms. The minimum atomic E-state index is -0.910. The third-order valence-electron chi connectivity index (χ3n) is 2.86. The van der Waals surface area contributed by atoms with E-state index in [1.54, 1.807) is 38.1 Å². The Hall–Kier alpha value is -1.10. The lowest BCUT2D eigenvalue weighted by Crippen LogP contribution is -2.44. The van der Waals surface area contributed by atoms with Crippen molar-refractivity contribution in [3.05, 3.63) is 34.9 Å². The predicted octanol–water partition coefficient (Wildman–Crippen LogP) is 2.21. The summed E-state index contributed by atoms with van der Waals surface area (Å²) in [4.78, 5) is 10.9. The van der Waals surface area contributed by atoms with Crippen LogP contribution in [-0.2, 0) is 4.79 Å². The van der Waals surface area contributed by atoms with Gasteiger partial charge in [0.15, 0.2) is 0 Å². The van der Waals surface area contributed by atoms with E-state index in [4.69, 9.17) is 16.7 Å². The number of hydrogen-bond donors (Lipinski definition) is 3. The Balaban J connectivity index is 2.68. The number of aliphatic carboxylic acids is 1. The van der Waals surface area contributed by atoms with Crippen LogP contribution in [0, 0.1) is 0 Å². The summed E-state index contributed by atoms with van der Waals surface area (Å²) in [5.41, 5.74) is 0.708. The lowest BCUT2D eigenvalue weighted by Gasteiger charge is -2.24. The fourth-order valence-electron chi connectivity index (χ4n) is 1.72. The summed E-state index contributed by atoms with van der Waals surface area (Å²) in [6.45, 7) is 3.54. The van der Waals surface area contributed by atoms with Crippen molar-refractivity contribution in [2.45, 2.75) is 38.5 Å². The maximum absolute atomic E-state index is 10.9. The molecule has 0 saturated carbocycles. The van der Waals surface area contributed by atoms with E-state index in [2.05, 4.69) is 5.32 Å². The van der Waals surface area contributed by atoms with Crippen LogP contribution in [0.1, 0.15) is 31.9 Å². The molecule has 5 heteroatoms. The van der Waals surface area contributed by atoms with Crippen LogP contribution in [0.3, 0.4) is 0 Å². The van der Waals surface area contributed by atoms with E-state index in [-0.39, 0.29) is 6.04 Å². The smallest absolute Gasteiger partial charge is 0.320 e. The van der Waals surface area contributed by atoms with E-state index in [0.717, 1.165) is 0 Å². The molecule has 1 aromatic carbocycles. The molecule has 0 amide bonds. The van der Waals surface area contributed by atoms with E-state index in [0.29, 0.717) is 17.0 Å². The first kappa shape index (κ1) is 15.0. The van der Waals surface area contributed by atoms with Crippen molar-refractivity contribution in [2.75, 3.05) is 0 Å². The Bertz CT molecular complexity index is 394. The zero-order chi connectivity index (χ0) is 13.7. The first-order chi connectivity index (χ1) is 8.45. The van der Waals surface area contributed by atoms with Gasteiger partial charge in [-0.25, -0.2) is 0 Å². The number of carboxylic acids is 1. The van der Waals surface area contributed by atoms with Crippen LogP contribution in [0.2, 0.25) is 5.02 Å². The van der Waals surface area contributed by atoms with Crippen LogP contribution in [-0.4, -0.2) is 28.3 Å². The number of rotatable bonds is 6. The van der Waals surface area contributed by atoms with Gasteiger partial charge in [0.1, 0.15) is 6.04 Å². The zero-order valence-electron chi connectivity index (χ0n) is 10.4. The fraction of sp³-hybridized carbons (Fsp3) is 0.462. The molecule has 1 rings (SSSR count). The second-order valence-electron chi connectivity index (χ2n) is 4.25. The van der Waals surface area contributed by atoms with Gasteiger partial charge in [0, 0.05) is 11.1 Å². The van der Waals surface area contributed by atoms with Gasteiger partial charge in [-0.15, -0.1) is 0 Å². The van der Waals surface area contributed by atoms with Crippen LogP contribution in [0.5, 0.6) is 0 Å². The summed E-state index contributed by atoms with van der Waals surface area (Å²) in [7, 11) is 0. The summed E-state index contributed by atoms with van der Waals surface area (Å²) in [5.74, 6) is -0.910. The largest absolute Gasteiger partial charge is 0.480 e. The number of benzene rings is 1. The van der Waals surface area contributed by atoms with Crippen molar-refractivity contribution in [1.82, 2.24) is 5.32 Å². The van der Waals surface area contributed by atoms with Crippen molar-refractivity contribution < 1.29 is 15.0 Å². The molecule has 0 aliphatic heterocycles. The number of carbonyl (C=O) groups is 1. The lowest BCUT2D eigenvalue weighted by atomic mass is 10.0. The van der Waals surface area contributed by atoms with Crippen molar-refractivity contribution in [3.63, 3.8) is 0 Å². The number of hydrogen-bond acceptors (Lipinski definition) is 3. The molecule has 0 aromatic heterocycles. The number of nitrogens with one attached hydrogen (secondary N) is 1. The van der Waals surface area contributed by atoms with E-state index >= 15 is 0 Å². The van der Waals surface area contributed by atoms with Crippen LogP contribution in [0.15, 0.2) is 24.3 Å². The first-order valence-corrected chi connectivity index (χ1v) is 6.25. The van der Waals surface area contributed by atoms with Gasteiger partial charge in [-0.1, -0.05) is 30.7 Å². The molecule has 0 fully saturated rings. The standard InChI is InChI=1S/C13H18ClNO3/c1-3-11(13(17)18)15-8(2)12(16)9-4-6-10(14)7-5-9/h4-8,11-12,15-16H,3H2,1-2H3,(H,17,18). The van der Waals surface area contributed by atoms with E-state index in [1.807, 2.05) is 0 Å². The number of carboxylic acid groups (broad SMARTS) is 1. The van der Waals surface area contributed by atoms with Crippen molar-refractivity contribution in [2.24, 2.45) is 0 Å². The Kier molecular flexibility index (Phi) is 5.59. The molecule has 0 aliphatic rings. The summed E-state index contributed by atoms with van der Waals surface area (Å²) in [5, 5.41) is 22.6. The highest BCUT2D eigenvalue weighted by molar-refractivity contribution is 6.30. The lowest BCUT2D eigenvalue weighted by molar-refractivity contribution is -0.140. The summed E-state index contributed by atoms with van der Waals surface area (Å²) < 4.78 is 0. The van der Waals surface area contributed by atoms with Gasteiger partial charge < -0.3 is 10.2 Å². The van der Waals surface area contributed by atoms with Gasteiger partial charge in [0.05, 0.1) is 6.10 Å². The maximum atomic E-state index is 10.9. The molecule has 3 N–H and O–H groups in total. The molecule has 18 heavy (non-hydrogen) atoms. The minimum Gasteiger partial charge on any atom is -0.480 e. The third kappa shape index (κ3) is 3.98. The van der Waals surface area contributed by atoms with Crippen molar-refractivity contribution in [3.8, 4) is 0 Å². The summed E-state index contributed by atoms with van der Waals surface area (Å²) >= 11 is 5.77. The predicted molar refractivity (Wildman–Crippen MR) is 70.7 cm³/mol. The van der Waals surface area contributed by atoms with Gasteiger partial charge in [-0.2, -0.15) is 0 Å². The number of aliphatic hydroxyl groups excluding tert-OH is 1. The van der Waals surface area contributed by atoms with Crippen LogP contribution >= 0.6 is 11.6 Å². The monoisotopic (exact) mass is 271 g/mol. The molecule has 0 aliphatic carbocycles. The van der Waals surface area contributed by atoms with Crippen LogP contribution in [0.4, 0.5) is 0 Å². The average molecular weight is 272 g/mol. The number of aliphatic hydroxyl groups is 1. The van der Waals surface area contributed by atoms with Gasteiger partial charge in [0.2, 0.25) is 0 Å². The molecular weight excluding hydrogens is 254 g/mol. The third-order valence-corrected chi connectivity index (χ3v) is 3.11. The van der Waals surface area contributed by atoms with Crippen LogP contribution < -0.4 is 5.32 Å². The molecule has 1 aromatic rings. The van der Waals surface area contributed by atoms with Gasteiger partial charge in [0.25, 0.3) is 0 Å². The van der Waals surface area contributed by atoms with E-state index in [1.165, 1.54) is 0 Å². The number of halogens is 1. The van der Waals surface area contributed by atoms with Gasteiger partial charge in [-0.05, 0) is 31.0 Å². The van der Waals surface area contributed by atoms with Crippen LogP contribution in [0.25, 0.3) is 0 Å². The topological polar surface area (TPSA) is 69.6 Å². The average Bonchev–Trinajstić information content (AvgIpc) is 2.35. The Labute approximate surface area is 112 Å². The molecule has 0 radical (unpaired) electrons. The molecule has 4 nitrogen and oxygen atoms in total. The Morgan fingerprint density at radius 3 is 2.39 bits per heavy atom. The second-order valence-corrected chi connectivity index (χ2v) is 4.69. The summed E-state index contributed by atoms with van der Waals surface area (Å²) in [6, 6.07) is 5.84. The normalized spacial score (nSPS) is 16.0. The quantitative estimate of drug-likeness (QED) is 0.742. The molecule has 0 saturated heterocycles. The molecule has 3 unspecified atom stereocenters. The summed E-state index contributed by atoms with van der Waals surface area (Å²) in [6.07, 6.45) is -0.303. The van der Waals surface area contributed by atoms with E-state index in [9.17, 15) is 9.90 Å². The first-order valence-electron chi connectivity index (χ1n) is 5.88. The molecule has 0 heterocycles. The molecular formula is C13H18ClNO3. The molecule has 0 bridgehead atoms. The van der Waals surface area contributed by atoms with Gasteiger partial charge >= 0.3 is 5.97 Å². The van der Waals surface area contributed by atoms with Crippen molar-refractivity contribution in [1.29, 1.82) is 0 Å². The maximum Gasteiger partial charge on any atom is 0.320 e. The highest BCUT2D eigenvalue weighted by Crippen LogP contribution is 2.19. The highest BCUT2D eigenvalue weighted by atomic mass is 35.5. The van der Waals surface area contributed by atoms with Gasteiger partial charge in [-0.3, -0.25) is 10.1 Å². The zero-order valence-corrected chi connectivity index (χ0v) is 11.2. The molecule has 3 atom stereocenters. The fourth-order valence-corrected chi connectivity index (χ4v) is 1.85. The van der Waals surface area contributed by atoms with Crippen molar-refractivity contribution >= 4 is 17.6 Å².